The summed E-state index contributed by atoms with van der Waals surface area (Å²) in [6.45, 7) is 1.17. The zero-order valence-corrected chi connectivity index (χ0v) is 22.5. The van der Waals surface area contributed by atoms with Gasteiger partial charge in [-0.1, -0.05) is 35.9 Å². The number of halogens is 1. The number of carbonyl (C=O) groups is 1. The van der Waals surface area contributed by atoms with E-state index in [1.807, 2.05) is 0 Å². The SMILES string of the molecule is Cc1c(Cl)cccc1NS(=O)(=O)c1ccc(NC(=O)CN(c2cccnc2)S(=O)(=O)c2ccccc2)cc1. The molecule has 9 nitrogen and oxygen atoms in total. The third-order valence-corrected chi connectivity index (χ3v) is 9.09. The summed E-state index contributed by atoms with van der Waals surface area (Å²) in [5.74, 6) is -0.628. The normalized spacial score (nSPS) is 11.5. The molecule has 1 aromatic heterocycles. The lowest BCUT2D eigenvalue weighted by molar-refractivity contribution is -0.114. The van der Waals surface area contributed by atoms with Crippen LogP contribution >= 0.6 is 11.6 Å². The maximum absolute atomic E-state index is 13.3. The lowest BCUT2D eigenvalue weighted by Crippen LogP contribution is -2.38. The van der Waals surface area contributed by atoms with Crippen LogP contribution in [0.5, 0.6) is 0 Å². The molecule has 0 aliphatic heterocycles. The Morgan fingerprint density at radius 2 is 1.58 bits per heavy atom. The van der Waals surface area contributed by atoms with Crippen LogP contribution in [0.2, 0.25) is 5.02 Å². The van der Waals surface area contributed by atoms with Crippen LogP contribution in [0.15, 0.2) is 107 Å². The largest absolute Gasteiger partial charge is 0.325 e. The van der Waals surface area contributed by atoms with Gasteiger partial charge in [-0.05, 0) is 73.2 Å². The molecule has 0 aliphatic carbocycles. The first kappa shape index (κ1) is 27.1. The smallest absolute Gasteiger partial charge is 0.264 e. The Balaban J connectivity index is 1.51. The van der Waals surface area contributed by atoms with E-state index in [4.69, 9.17) is 11.6 Å². The fourth-order valence-electron chi connectivity index (χ4n) is 3.51. The van der Waals surface area contributed by atoms with E-state index in [0.29, 0.717) is 16.3 Å². The van der Waals surface area contributed by atoms with E-state index in [1.54, 1.807) is 49.4 Å². The quantitative estimate of drug-likeness (QED) is 0.301. The number of hydrogen-bond donors (Lipinski definition) is 2. The van der Waals surface area contributed by atoms with Crippen molar-refractivity contribution in [3.05, 3.63) is 108 Å². The van der Waals surface area contributed by atoms with Gasteiger partial charge in [0.05, 0.1) is 27.4 Å². The Hall–Kier alpha value is -3.93. The molecule has 4 aromatic rings. The number of carbonyl (C=O) groups excluding carboxylic acids is 1. The molecule has 1 amide bonds. The predicted molar refractivity (Wildman–Crippen MR) is 147 cm³/mol. The van der Waals surface area contributed by atoms with E-state index < -0.39 is 32.5 Å². The molecule has 0 saturated carbocycles. The molecule has 0 unspecified atom stereocenters. The number of hydrogen-bond acceptors (Lipinski definition) is 6. The second kappa shape index (κ2) is 11.2. The molecule has 0 aliphatic rings. The fraction of sp³-hybridized carbons (Fsp3) is 0.0769. The van der Waals surface area contributed by atoms with Gasteiger partial charge in [0.1, 0.15) is 6.54 Å². The number of amides is 1. The van der Waals surface area contributed by atoms with E-state index in [0.717, 1.165) is 4.31 Å². The van der Waals surface area contributed by atoms with Crippen LogP contribution in [0.1, 0.15) is 5.56 Å². The second-order valence-corrected chi connectivity index (χ2v) is 12.1. The van der Waals surface area contributed by atoms with Gasteiger partial charge in [0.2, 0.25) is 5.91 Å². The molecule has 3 aromatic carbocycles. The fourth-order valence-corrected chi connectivity index (χ4v) is 6.23. The first-order chi connectivity index (χ1) is 18.1. The monoisotopic (exact) mass is 570 g/mol. The summed E-state index contributed by atoms with van der Waals surface area (Å²) < 4.78 is 55.7. The van der Waals surface area contributed by atoms with Gasteiger partial charge in [0, 0.05) is 16.9 Å². The maximum Gasteiger partial charge on any atom is 0.264 e. The Bertz CT molecular complexity index is 1650. The lowest BCUT2D eigenvalue weighted by Gasteiger charge is -2.23. The minimum atomic E-state index is -4.07. The van der Waals surface area contributed by atoms with Crippen LogP contribution in [-0.4, -0.2) is 34.3 Å². The first-order valence-corrected chi connectivity index (χ1v) is 14.5. The van der Waals surface area contributed by atoms with Crippen molar-refractivity contribution < 1.29 is 21.6 Å². The van der Waals surface area contributed by atoms with E-state index in [2.05, 4.69) is 15.0 Å². The molecule has 38 heavy (non-hydrogen) atoms. The molecule has 0 spiro atoms. The number of benzene rings is 3. The standard InChI is InChI=1S/C26H23ClN4O5S2/c1-19-24(27)10-5-11-25(19)30-37(33,34)22-14-12-20(13-15-22)29-26(32)18-31(21-7-6-16-28-17-21)38(35,36)23-8-3-2-4-9-23/h2-17,30H,18H2,1H3,(H,29,32). The summed E-state index contributed by atoms with van der Waals surface area (Å²) >= 11 is 6.08. The molecular formula is C26H23ClN4O5S2. The number of nitrogens with zero attached hydrogens (tertiary/aromatic N) is 2. The molecule has 196 valence electrons. The molecule has 12 heteroatoms. The van der Waals surface area contributed by atoms with Crippen LogP contribution < -0.4 is 14.3 Å². The van der Waals surface area contributed by atoms with Crippen molar-refractivity contribution in [3.63, 3.8) is 0 Å². The third-order valence-electron chi connectivity index (χ3n) is 5.51. The van der Waals surface area contributed by atoms with Gasteiger partial charge < -0.3 is 5.32 Å². The number of pyridine rings is 1. The van der Waals surface area contributed by atoms with E-state index in [9.17, 15) is 21.6 Å². The highest BCUT2D eigenvalue weighted by Crippen LogP contribution is 2.26. The minimum absolute atomic E-state index is 0.0219. The molecule has 0 bridgehead atoms. The average molecular weight is 571 g/mol. The van der Waals surface area contributed by atoms with Crippen LogP contribution in [0.4, 0.5) is 17.1 Å². The van der Waals surface area contributed by atoms with Gasteiger partial charge in [0.15, 0.2) is 0 Å². The second-order valence-electron chi connectivity index (χ2n) is 8.13. The van der Waals surface area contributed by atoms with Gasteiger partial charge in [-0.25, -0.2) is 16.8 Å². The van der Waals surface area contributed by atoms with Crippen molar-refractivity contribution >= 4 is 54.6 Å². The molecule has 0 fully saturated rings. The Morgan fingerprint density at radius 1 is 0.868 bits per heavy atom. The Kier molecular flexibility index (Phi) is 8.00. The summed E-state index contributed by atoms with van der Waals surface area (Å²) in [5, 5.41) is 3.04. The van der Waals surface area contributed by atoms with Crippen LogP contribution in [0, 0.1) is 6.92 Å². The molecule has 2 N–H and O–H groups in total. The number of anilines is 3. The summed E-state index contributed by atoms with van der Waals surface area (Å²) in [4.78, 5) is 16.8. The number of aromatic nitrogens is 1. The van der Waals surface area contributed by atoms with Gasteiger partial charge in [-0.15, -0.1) is 0 Å². The zero-order valence-electron chi connectivity index (χ0n) is 20.1. The third kappa shape index (κ3) is 6.13. The number of sulfonamides is 2. The van der Waals surface area contributed by atoms with Gasteiger partial charge in [-0.2, -0.15) is 0 Å². The average Bonchev–Trinajstić information content (AvgIpc) is 2.91. The van der Waals surface area contributed by atoms with Crippen molar-refractivity contribution in [2.75, 3.05) is 20.9 Å². The van der Waals surface area contributed by atoms with Gasteiger partial charge >= 0.3 is 0 Å². The summed E-state index contributed by atoms with van der Waals surface area (Å²) in [6.07, 6.45) is 2.84. The van der Waals surface area contributed by atoms with Crippen LogP contribution in [0.3, 0.4) is 0 Å². The van der Waals surface area contributed by atoms with Crippen molar-refractivity contribution in [1.29, 1.82) is 0 Å². The molecule has 0 saturated heterocycles. The molecule has 4 rings (SSSR count). The van der Waals surface area contributed by atoms with Gasteiger partial charge in [-0.3, -0.25) is 18.8 Å². The van der Waals surface area contributed by atoms with Gasteiger partial charge in [0.25, 0.3) is 20.0 Å². The van der Waals surface area contributed by atoms with Crippen LogP contribution in [-0.2, 0) is 24.8 Å². The lowest BCUT2D eigenvalue weighted by atomic mass is 10.2. The highest BCUT2D eigenvalue weighted by atomic mass is 35.5. The maximum atomic E-state index is 13.3. The predicted octanol–water partition coefficient (Wildman–Crippen LogP) is 4.68. The summed E-state index contributed by atoms with van der Waals surface area (Å²) in [7, 11) is -7.99. The van der Waals surface area contributed by atoms with E-state index >= 15 is 0 Å². The summed E-state index contributed by atoms with van der Waals surface area (Å²) in [5.41, 5.74) is 1.45. The van der Waals surface area contributed by atoms with Crippen molar-refractivity contribution in [3.8, 4) is 0 Å². The highest BCUT2D eigenvalue weighted by Gasteiger charge is 2.27. The van der Waals surface area contributed by atoms with E-state index in [1.165, 1.54) is 54.9 Å². The van der Waals surface area contributed by atoms with Crippen molar-refractivity contribution in [2.45, 2.75) is 16.7 Å². The van der Waals surface area contributed by atoms with Crippen molar-refractivity contribution in [1.82, 2.24) is 4.98 Å². The Morgan fingerprint density at radius 3 is 2.24 bits per heavy atom. The van der Waals surface area contributed by atoms with E-state index in [-0.39, 0.29) is 21.2 Å². The molecule has 0 atom stereocenters. The highest BCUT2D eigenvalue weighted by molar-refractivity contribution is 7.93. The number of rotatable bonds is 9. The molecular weight excluding hydrogens is 548 g/mol. The molecule has 1 heterocycles. The summed E-state index contributed by atoms with van der Waals surface area (Å²) in [6, 6.07) is 21.2. The van der Waals surface area contributed by atoms with Crippen LogP contribution in [0.25, 0.3) is 0 Å². The Labute approximate surface area is 226 Å². The number of nitrogens with one attached hydrogen (secondary N) is 2. The topological polar surface area (TPSA) is 126 Å². The zero-order chi connectivity index (χ0) is 27.3. The van der Waals surface area contributed by atoms with Crippen molar-refractivity contribution in [2.24, 2.45) is 0 Å². The molecule has 0 radical (unpaired) electrons. The first-order valence-electron chi connectivity index (χ1n) is 11.2. The minimum Gasteiger partial charge on any atom is -0.325 e.